The lowest BCUT2D eigenvalue weighted by molar-refractivity contribution is -0.0151. The van der Waals surface area contributed by atoms with Crippen molar-refractivity contribution in [1.82, 2.24) is 0 Å². The van der Waals surface area contributed by atoms with Crippen LogP contribution in [0.15, 0.2) is 18.2 Å². The van der Waals surface area contributed by atoms with E-state index in [1.165, 1.54) is 5.56 Å². The number of rotatable bonds is 7. The van der Waals surface area contributed by atoms with Gasteiger partial charge in [-0.2, -0.15) is 0 Å². The summed E-state index contributed by atoms with van der Waals surface area (Å²) >= 11 is 0. The van der Waals surface area contributed by atoms with E-state index in [0.717, 1.165) is 17.9 Å². The van der Waals surface area contributed by atoms with E-state index in [0.29, 0.717) is 12.5 Å². The van der Waals surface area contributed by atoms with Crippen LogP contribution in [-0.4, -0.2) is 26.4 Å². The van der Waals surface area contributed by atoms with Gasteiger partial charge in [-0.3, -0.25) is 0 Å². The van der Waals surface area contributed by atoms with Crippen molar-refractivity contribution in [2.45, 2.75) is 45.6 Å². The average molecular weight is 266 g/mol. The lowest BCUT2D eigenvalue weighted by Gasteiger charge is -2.24. The van der Waals surface area contributed by atoms with Gasteiger partial charge in [0.05, 0.1) is 12.7 Å². The van der Waals surface area contributed by atoms with Crippen molar-refractivity contribution < 1.29 is 14.2 Å². The summed E-state index contributed by atoms with van der Waals surface area (Å²) in [6.45, 7) is 8.87. The van der Waals surface area contributed by atoms with Gasteiger partial charge < -0.3 is 14.2 Å². The van der Waals surface area contributed by atoms with Crippen molar-refractivity contribution in [3.63, 3.8) is 0 Å². The first-order valence-electron chi connectivity index (χ1n) is 6.79. The zero-order valence-corrected chi connectivity index (χ0v) is 12.9. The number of ether oxygens (including phenoxy) is 3. The second-order valence-electron chi connectivity index (χ2n) is 5.47. The van der Waals surface area contributed by atoms with Gasteiger partial charge in [-0.05, 0) is 43.9 Å². The van der Waals surface area contributed by atoms with Crippen LogP contribution in [0.4, 0.5) is 0 Å². The SMILES string of the molecule is CCC(C)c1ccc(OCC(C)(C)OC)c(OC)c1. The predicted molar refractivity (Wildman–Crippen MR) is 78.3 cm³/mol. The highest BCUT2D eigenvalue weighted by molar-refractivity contribution is 5.43. The van der Waals surface area contributed by atoms with Crippen LogP contribution < -0.4 is 9.47 Å². The molecule has 0 saturated carbocycles. The van der Waals surface area contributed by atoms with Gasteiger partial charge in [-0.1, -0.05) is 19.9 Å². The molecule has 1 aromatic rings. The maximum absolute atomic E-state index is 5.80. The lowest BCUT2D eigenvalue weighted by Crippen LogP contribution is -2.30. The summed E-state index contributed by atoms with van der Waals surface area (Å²) < 4.78 is 16.6. The Hall–Kier alpha value is -1.22. The third kappa shape index (κ3) is 4.43. The zero-order chi connectivity index (χ0) is 14.5. The summed E-state index contributed by atoms with van der Waals surface area (Å²) in [5.74, 6) is 2.07. The number of benzene rings is 1. The summed E-state index contributed by atoms with van der Waals surface area (Å²) in [6.07, 6.45) is 1.11. The van der Waals surface area contributed by atoms with Crippen molar-refractivity contribution >= 4 is 0 Å². The molecule has 0 heterocycles. The van der Waals surface area contributed by atoms with Gasteiger partial charge in [0.25, 0.3) is 0 Å². The molecule has 1 rings (SSSR count). The molecule has 1 atom stereocenters. The molecular formula is C16H26O3. The molecular weight excluding hydrogens is 240 g/mol. The minimum atomic E-state index is -0.305. The number of hydrogen-bond acceptors (Lipinski definition) is 3. The van der Waals surface area contributed by atoms with Crippen LogP contribution in [0.5, 0.6) is 11.5 Å². The fourth-order valence-corrected chi connectivity index (χ4v) is 1.66. The van der Waals surface area contributed by atoms with E-state index >= 15 is 0 Å². The van der Waals surface area contributed by atoms with Crippen LogP contribution in [-0.2, 0) is 4.74 Å². The lowest BCUT2D eigenvalue weighted by atomic mass is 9.98. The Labute approximate surface area is 116 Å². The van der Waals surface area contributed by atoms with Crippen molar-refractivity contribution in [2.75, 3.05) is 20.8 Å². The van der Waals surface area contributed by atoms with Gasteiger partial charge in [-0.15, -0.1) is 0 Å². The minimum absolute atomic E-state index is 0.305. The Balaban J connectivity index is 2.84. The van der Waals surface area contributed by atoms with Gasteiger partial charge in [0.2, 0.25) is 0 Å². The Morgan fingerprint density at radius 3 is 2.37 bits per heavy atom. The zero-order valence-electron chi connectivity index (χ0n) is 12.9. The molecule has 0 aliphatic carbocycles. The summed E-state index contributed by atoms with van der Waals surface area (Å²) in [5.41, 5.74) is 0.970. The maximum atomic E-state index is 5.80. The van der Waals surface area contributed by atoms with Gasteiger partial charge in [0, 0.05) is 7.11 Å². The highest BCUT2D eigenvalue weighted by Crippen LogP contribution is 2.32. The van der Waals surface area contributed by atoms with E-state index in [9.17, 15) is 0 Å². The Bertz CT molecular complexity index is 399. The smallest absolute Gasteiger partial charge is 0.161 e. The Morgan fingerprint density at radius 2 is 1.84 bits per heavy atom. The molecule has 1 unspecified atom stereocenters. The molecule has 3 heteroatoms. The van der Waals surface area contributed by atoms with E-state index in [1.807, 2.05) is 19.9 Å². The monoisotopic (exact) mass is 266 g/mol. The normalized spacial score (nSPS) is 13.2. The van der Waals surface area contributed by atoms with Gasteiger partial charge in [0.1, 0.15) is 6.61 Å². The largest absolute Gasteiger partial charge is 0.493 e. The van der Waals surface area contributed by atoms with Crippen LogP contribution >= 0.6 is 0 Å². The van der Waals surface area contributed by atoms with Crippen LogP contribution in [0.1, 0.15) is 45.6 Å². The summed E-state index contributed by atoms with van der Waals surface area (Å²) in [5, 5.41) is 0. The minimum Gasteiger partial charge on any atom is -0.493 e. The fourth-order valence-electron chi connectivity index (χ4n) is 1.66. The second-order valence-corrected chi connectivity index (χ2v) is 5.47. The first-order valence-corrected chi connectivity index (χ1v) is 6.79. The van der Waals surface area contributed by atoms with Gasteiger partial charge in [0.15, 0.2) is 11.5 Å². The average Bonchev–Trinajstić information content (AvgIpc) is 2.44. The van der Waals surface area contributed by atoms with Crippen LogP contribution in [0.25, 0.3) is 0 Å². The maximum Gasteiger partial charge on any atom is 0.161 e. The van der Waals surface area contributed by atoms with Crippen LogP contribution in [0.3, 0.4) is 0 Å². The standard InChI is InChI=1S/C16H26O3/c1-7-12(2)13-8-9-14(15(10-13)17-5)19-11-16(3,4)18-6/h8-10,12H,7,11H2,1-6H3. The van der Waals surface area contributed by atoms with E-state index in [2.05, 4.69) is 26.0 Å². The molecule has 3 nitrogen and oxygen atoms in total. The predicted octanol–water partition coefficient (Wildman–Crippen LogP) is 4.01. The number of methoxy groups -OCH3 is 2. The molecule has 108 valence electrons. The number of hydrogen-bond donors (Lipinski definition) is 0. The van der Waals surface area contributed by atoms with Crippen LogP contribution in [0.2, 0.25) is 0 Å². The van der Waals surface area contributed by atoms with Gasteiger partial charge in [-0.25, -0.2) is 0 Å². The molecule has 1 aromatic carbocycles. The first-order chi connectivity index (χ1) is 8.93. The van der Waals surface area contributed by atoms with Crippen molar-refractivity contribution in [1.29, 1.82) is 0 Å². The third-order valence-electron chi connectivity index (χ3n) is 3.50. The molecule has 0 spiro atoms. The molecule has 0 bridgehead atoms. The molecule has 0 fully saturated rings. The molecule has 19 heavy (non-hydrogen) atoms. The summed E-state index contributed by atoms with van der Waals surface area (Å²) in [7, 11) is 3.36. The van der Waals surface area contributed by atoms with E-state index in [1.54, 1.807) is 14.2 Å². The Kier molecular flexibility index (Phi) is 5.67. The topological polar surface area (TPSA) is 27.7 Å². The van der Waals surface area contributed by atoms with Crippen molar-refractivity contribution in [3.8, 4) is 11.5 Å². The van der Waals surface area contributed by atoms with Gasteiger partial charge >= 0.3 is 0 Å². The molecule has 0 saturated heterocycles. The molecule has 0 radical (unpaired) electrons. The van der Waals surface area contributed by atoms with Crippen molar-refractivity contribution in [2.24, 2.45) is 0 Å². The second kappa shape index (κ2) is 6.80. The molecule has 0 amide bonds. The highest BCUT2D eigenvalue weighted by atomic mass is 16.5. The quantitative estimate of drug-likeness (QED) is 0.746. The molecule has 0 aromatic heterocycles. The molecule has 0 aliphatic heterocycles. The highest BCUT2D eigenvalue weighted by Gasteiger charge is 2.18. The van der Waals surface area contributed by atoms with E-state index in [-0.39, 0.29) is 5.60 Å². The summed E-state index contributed by atoms with van der Waals surface area (Å²) in [6, 6.07) is 6.14. The van der Waals surface area contributed by atoms with E-state index in [4.69, 9.17) is 14.2 Å². The molecule has 0 N–H and O–H groups in total. The first kappa shape index (κ1) is 15.8. The fraction of sp³-hybridized carbons (Fsp3) is 0.625. The Morgan fingerprint density at radius 1 is 1.16 bits per heavy atom. The van der Waals surface area contributed by atoms with Crippen molar-refractivity contribution in [3.05, 3.63) is 23.8 Å². The van der Waals surface area contributed by atoms with Crippen LogP contribution in [0, 0.1) is 0 Å². The summed E-state index contributed by atoms with van der Waals surface area (Å²) in [4.78, 5) is 0. The molecule has 0 aliphatic rings. The van der Waals surface area contributed by atoms with E-state index < -0.39 is 0 Å². The third-order valence-corrected chi connectivity index (χ3v) is 3.50.